The molecule has 4 rings (SSSR count). The second-order valence-electron chi connectivity index (χ2n) is 8.81. The highest BCUT2D eigenvalue weighted by atomic mass is 16.1. The fraction of sp³-hybridized carbons (Fsp3) is 0.762. The Balaban J connectivity index is 1.68. The molecule has 4 aliphatic rings. The average molecular weight is 296 g/mol. The quantitative estimate of drug-likeness (QED) is 0.589. The van der Waals surface area contributed by atoms with Crippen LogP contribution in [0.4, 0.5) is 0 Å². The van der Waals surface area contributed by atoms with Crippen LogP contribution >= 0.6 is 0 Å². The molecule has 1 heteroatoms. The fourth-order valence-corrected chi connectivity index (χ4v) is 6.83. The first-order valence-corrected chi connectivity index (χ1v) is 9.19. The summed E-state index contributed by atoms with van der Waals surface area (Å²) in [6, 6.07) is 0. The van der Waals surface area contributed by atoms with Gasteiger partial charge in [0.05, 0.1) is 0 Å². The van der Waals surface area contributed by atoms with E-state index in [4.69, 9.17) is 6.42 Å². The minimum Gasteiger partial charge on any atom is -0.295 e. The topological polar surface area (TPSA) is 17.1 Å². The summed E-state index contributed by atoms with van der Waals surface area (Å²) < 4.78 is 0. The Morgan fingerprint density at radius 2 is 1.91 bits per heavy atom. The van der Waals surface area contributed by atoms with Crippen molar-refractivity contribution in [1.82, 2.24) is 0 Å². The second kappa shape index (κ2) is 4.73. The summed E-state index contributed by atoms with van der Waals surface area (Å²) in [6.07, 6.45) is 17.3. The van der Waals surface area contributed by atoms with E-state index in [1.807, 2.05) is 6.08 Å². The minimum atomic E-state index is 0.298. The zero-order chi connectivity index (χ0) is 15.5. The summed E-state index contributed by atoms with van der Waals surface area (Å²) in [5.74, 6) is 6.42. The number of carbonyl (C=O) groups excluding carboxylic acids is 1. The molecule has 22 heavy (non-hydrogen) atoms. The van der Waals surface area contributed by atoms with Crippen molar-refractivity contribution in [1.29, 1.82) is 0 Å². The number of carbonyl (C=O) groups is 1. The molecule has 0 N–H and O–H groups in total. The molecule has 0 radical (unpaired) electrons. The summed E-state index contributed by atoms with van der Waals surface area (Å²) in [5, 5.41) is 0. The molecule has 0 aromatic heterocycles. The number of fused-ring (bicyclic) bond motifs is 5. The fourth-order valence-electron chi connectivity index (χ4n) is 6.83. The van der Waals surface area contributed by atoms with Crippen molar-refractivity contribution in [2.75, 3.05) is 0 Å². The van der Waals surface area contributed by atoms with E-state index < -0.39 is 0 Å². The van der Waals surface area contributed by atoms with Crippen LogP contribution in [0.25, 0.3) is 0 Å². The Morgan fingerprint density at radius 1 is 1.09 bits per heavy atom. The van der Waals surface area contributed by atoms with Gasteiger partial charge in [-0.3, -0.25) is 4.79 Å². The molecule has 4 aliphatic carbocycles. The lowest BCUT2D eigenvalue weighted by molar-refractivity contribution is -0.117. The average Bonchev–Trinajstić information content (AvgIpc) is 2.84. The van der Waals surface area contributed by atoms with Gasteiger partial charge in [0.25, 0.3) is 0 Å². The molecule has 3 unspecified atom stereocenters. The van der Waals surface area contributed by atoms with Gasteiger partial charge in [0.2, 0.25) is 0 Å². The molecule has 3 fully saturated rings. The monoisotopic (exact) mass is 296 g/mol. The maximum absolute atomic E-state index is 11.8. The highest BCUT2D eigenvalue weighted by molar-refractivity contribution is 5.91. The van der Waals surface area contributed by atoms with Crippen LogP contribution in [-0.2, 0) is 4.79 Å². The Labute approximate surface area is 134 Å². The molecule has 0 heterocycles. The standard InChI is InChI=1S/C21H28O/c1-4-14-6-8-18-17-7-5-15-13-16(22)9-11-21(15,3)19(17)10-12-20(14,18)2/h1,13-14,17-19H,5-12H2,2-3H3/t14-,17?,18?,19?,20+,21-/m0/s1. The van der Waals surface area contributed by atoms with E-state index in [1.165, 1.54) is 37.7 Å². The molecule has 0 aliphatic heterocycles. The molecule has 0 spiro atoms. The lowest BCUT2D eigenvalue weighted by atomic mass is 9.47. The molecule has 0 aromatic carbocycles. The largest absolute Gasteiger partial charge is 0.295 e. The lowest BCUT2D eigenvalue weighted by Crippen LogP contribution is -2.50. The van der Waals surface area contributed by atoms with Gasteiger partial charge in [-0.05, 0) is 79.6 Å². The Kier molecular flexibility index (Phi) is 3.13. The van der Waals surface area contributed by atoms with Gasteiger partial charge >= 0.3 is 0 Å². The van der Waals surface area contributed by atoms with E-state index in [-0.39, 0.29) is 0 Å². The Bertz CT molecular complexity index is 579. The third kappa shape index (κ3) is 1.76. The molecule has 0 bridgehead atoms. The maximum Gasteiger partial charge on any atom is 0.155 e. The number of hydrogen-bond donors (Lipinski definition) is 0. The second-order valence-corrected chi connectivity index (χ2v) is 8.81. The lowest BCUT2D eigenvalue weighted by Gasteiger charge is -2.57. The number of terminal acetylenes is 1. The predicted molar refractivity (Wildman–Crippen MR) is 89.0 cm³/mol. The van der Waals surface area contributed by atoms with Gasteiger partial charge in [0.1, 0.15) is 0 Å². The van der Waals surface area contributed by atoms with Crippen molar-refractivity contribution in [3.8, 4) is 12.3 Å². The highest BCUT2D eigenvalue weighted by Crippen LogP contribution is 2.66. The van der Waals surface area contributed by atoms with Crippen LogP contribution in [0.15, 0.2) is 11.6 Å². The molecule has 1 nitrogen and oxygen atoms in total. The number of allylic oxidation sites excluding steroid dienone is 1. The third-order valence-corrected chi connectivity index (χ3v) is 8.16. The molecule has 0 amide bonds. The van der Waals surface area contributed by atoms with Gasteiger partial charge in [-0.2, -0.15) is 0 Å². The summed E-state index contributed by atoms with van der Waals surface area (Å²) in [6.45, 7) is 4.93. The third-order valence-electron chi connectivity index (χ3n) is 8.16. The van der Waals surface area contributed by atoms with Crippen LogP contribution < -0.4 is 0 Å². The van der Waals surface area contributed by atoms with Crippen molar-refractivity contribution < 1.29 is 4.79 Å². The molecular weight excluding hydrogens is 268 g/mol. The van der Waals surface area contributed by atoms with Crippen LogP contribution in [0, 0.1) is 46.8 Å². The SMILES string of the molecule is C#C[C@H]1CCC2C3CCC4=CC(=O)CC[C@]4(C)C3CC[C@@]21C. The number of ketones is 1. The van der Waals surface area contributed by atoms with Crippen LogP contribution in [0.2, 0.25) is 0 Å². The molecule has 0 saturated heterocycles. The molecule has 3 saturated carbocycles. The molecule has 118 valence electrons. The van der Waals surface area contributed by atoms with Crippen molar-refractivity contribution in [2.24, 2.45) is 34.5 Å². The molecule has 6 atom stereocenters. The van der Waals surface area contributed by atoms with Crippen LogP contribution in [-0.4, -0.2) is 5.78 Å². The summed E-state index contributed by atoms with van der Waals surface area (Å²) in [7, 11) is 0. The first kappa shape index (κ1) is 14.6. The Morgan fingerprint density at radius 3 is 2.68 bits per heavy atom. The zero-order valence-corrected chi connectivity index (χ0v) is 14.0. The summed E-state index contributed by atoms with van der Waals surface area (Å²) in [4.78, 5) is 11.8. The predicted octanol–water partition coefficient (Wildman–Crippen LogP) is 4.77. The van der Waals surface area contributed by atoms with Gasteiger partial charge in [-0.1, -0.05) is 19.4 Å². The van der Waals surface area contributed by atoms with E-state index in [0.717, 1.165) is 37.0 Å². The summed E-state index contributed by atoms with van der Waals surface area (Å²) >= 11 is 0. The van der Waals surface area contributed by atoms with E-state index in [9.17, 15) is 4.79 Å². The molecule has 0 aromatic rings. The number of rotatable bonds is 0. The molecular formula is C21H28O. The van der Waals surface area contributed by atoms with E-state index >= 15 is 0 Å². The van der Waals surface area contributed by atoms with Crippen molar-refractivity contribution in [3.63, 3.8) is 0 Å². The summed E-state index contributed by atoms with van der Waals surface area (Å²) in [5.41, 5.74) is 2.16. The van der Waals surface area contributed by atoms with E-state index in [1.54, 1.807) is 0 Å². The Hall–Kier alpha value is -1.03. The van der Waals surface area contributed by atoms with Crippen LogP contribution in [0.3, 0.4) is 0 Å². The maximum atomic E-state index is 11.8. The van der Waals surface area contributed by atoms with Gasteiger partial charge < -0.3 is 0 Å². The minimum absolute atomic E-state index is 0.298. The smallest absolute Gasteiger partial charge is 0.155 e. The van der Waals surface area contributed by atoms with Crippen molar-refractivity contribution >= 4 is 5.78 Å². The highest BCUT2D eigenvalue weighted by Gasteiger charge is 2.58. The van der Waals surface area contributed by atoms with Crippen LogP contribution in [0.5, 0.6) is 0 Å². The first-order chi connectivity index (χ1) is 10.5. The normalized spacial score (nSPS) is 50.4. The van der Waals surface area contributed by atoms with Crippen molar-refractivity contribution in [3.05, 3.63) is 11.6 Å². The van der Waals surface area contributed by atoms with Gasteiger partial charge in [-0.25, -0.2) is 0 Å². The zero-order valence-electron chi connectivity index (χ0n) is 14.0. The van der Waals surface area contributed by atoms with Crippen LogP contribution in [0.1, 0.15) is 65.2 Å². The van der Waals surface area contributed by atoms with E-state index in [2.05, 4.69) is 19.8 Å². The van der Waals surface area contributed by atoms with Crippen molar-refractivity contribution in [2.45, 2.75) is 65.2 Å². The van der Waals surface area contributed by atoms with Gasteiger partial charge in [0.15, 0.2) is 5.78 Å². The van der Waals surface area contributed by atoms with Gasteiger partial charge in [0, 0.05) is 12.3 Å². The van der Waals surface area contributed by atoms with Gasteiger partial charge in [-0.15, -0.1) is 12.3 Å². The number of hydrogen-bond acceptors (Lipinski definition) is 1. The first-order valence-electron chi connectivity index (χ1n) is 9.19. The van der Waals surface area contributed by atoms with E-state index in [0.29, 0.717) is 22.5 Å².